The van der Waals surface area contributed by atoms with Gasteiger partial charge in [0, 0.05) is 13.2 Å². The third-order valence-corrected chi connectivity index (χ3v) is 5.75. The largest absolute Gasteiger partial charge is 0.455 e. The summed E-state index contributed by atoms with van der Waals surface area (Å²) in [5.41, 5.74) is 0.0783. The molecule has 4 atom stereocenters. The van der Waals surface area contributed by atoms with E-state index in [1.807, 2.05) is 0 Å². The minimum atomic E-state index is -0.616. The molecule has 0 aromatic carbocycles. The summed E-state index contributed by atoms with van der Waals surface area (Å²) in [6.07, 6.45) is 1.24. The van der Waals surface area contributed by atoms with Crippen molar-refractivity contribution in [2.75, 3.05) is 52.9 Å². The first kappa shape index (κ1) is 24.0. The summed E-state index contributed by atoms with van der Waals surface area (Å²) < 4.78 is 39.7. The van der Waals surface area contributed by atoms with E-state index in [0.717, 1.165) is 12.8 Å². The van der Waals surface area contributed by atoms with Crippen molar-refractivity contribution in [3.63, 3.8) is 0 Å². The number of carbonyl (C=O) groups is 2. The Morgan fingerprint density at radius 1 is 0.636 bits per heavy atom. The van der Waals surface area contributed by atoms with Gasteiger partial charge in [0.2, 0.25) is 0 Å². The molecule has 3 aliphatic rings. The highest BCUT2D eigenvalue weighted by Crippen LogP contribution is 2.21. The molecule has 1 aromatic heterocycles. The molecule has 0 aliphatic carbocycles. The van der Waals surface area contributed by atoms with Crippen LogP contribution in [0, 0.1) is 0 Å². The first-order valence-electron chi connectivity index (χ1n) is 11.6. The summed E-state index contributed by atoms with van der Waals surface area (Å²) in [7, 11) is 0. The molecule has 0 saturated carbocycles. The Labute approximate surface area is 192 Å². The summed E-state index contributed by atoms with van der Waals surface area (Å²) in [5.74, 6) is -1.23. The number of hydrogen-bond donors (Lipinski definition) is 0. The van der Waals surface area contributed by atoms with Gasteiger partial charge in [-0.25, -0.2) is 14.6 Å². The highest BCUT2D eigenvalue weighted by Gasteiger charge is 2.32. The lowest BCUT2D eigenvalue weighted by molar-refractivity contribution is -0.121. The molecule has 0 spiro atoms. The van der Waals surface area contributed by atoms with Gasteiger partial charge >= 0.3 is 11.9 Å². The van der Waals surface area contributed by atoms with Gasteiger partial charge in [-0.3, -0.25) is 0 Å². The van der Waals surface area contributed by atoms with Gasteiger partial charge in [-0.15, -0.1) is 0 Å². The molecule has 4 rings (SSSR count). The van der Waals surface area contributed by atoms with Crippen molar-refractivity contribution < 1.29 is 42.7 Å². The number of esters is 2. The van der Waals surface area contributed by atoms with Crippen LogP contribution in [0.3, 0.4) is 0 Å². The predicted molar refractivity (Wildman–Crippen MR) is 113 cm³/mol. The fraction of sp³-hybridized carbons (Fsp3) is 0.696. The molecule has 1 aromatic rings. The van der Waals surface area contributed by atoms with E-state index in [1.165, 1.54) is 12.1 Å². The number of aromatic nitrogens is 1. The summed E-state index contributed by atoms with van der Waals surface area (Å²) >= 11 is 0. The molecular weight excluding hydrogens is 434 g/mol. The van der Waals surface area contributed by atoms with Crippen LogP contribution in [-0.2, 0) is 33.2 Å². The van der Waals surface area contributed by atoms with Crippen molar-refractivity contribution in [3.8, 4) is 0 Å². The average Bonchev–Trinajstić information content (AvgIpc) is 2.84. The van der Waals surface area contributed by atoms with Crippen LogP contribution in [0.4, 0.5) is 0 Å². The molecule has 2 bridgehead atoms. The van der Waals surface area contributed by atoms with Crippen LogP contribution in [0.2, 0.25) is 0 Å². The standard InChI is InChI=1S/C23H31NO9/c25-22-16-4-1-5-17(24-16)23(26)33-19-7-3-9-31-21(19)15-29-13-11-27-10-12-28-14-20-18(32-22)6-2-8-30-20/h1,4-5,18-21H,2-3,6-15H2. The van der Waals surface area contributed by atoms with E-state index in [0.29, 0.717) is 52.5 Å². The Morgan fingerprint density at radius 3 is 1.64 bits per heavy atom. The maximum absolute atomic E-state index is 12.8. The van der Waals surface area contributed by atoms with Gasteiger partial charge in [-0.1, -0.05) is 6.07 Å². The summed E-state index contributed by atoms with van der Waals surface area (Å²) in [4.78, 5) is 29.7. The average molecular weight is 465 g/mol. The lowest BCUT2D eigenvalue weighted by atomic mass is 10.1. The van der Waals surface area contributed by atoms with Crippen molar-refractivity contribution in [3.05, 3.63) is 29.6 Å². The van der Waals surface area contributed by atoms with Crippen LogP contribution in [0.5, 0.6) is 0 Å². The van der Waals surface area contributed by atoms with Crippen LogP contribution >= 0.6 is 0 Å². The molecule has 0 amide bonds. The van der Waals surface area contributed by atoms with Crippen LogP contribution in [0.15, 0.2) is 18.2 Å². The fourth-order valence-corrected chi connectivity index (χ4v) is 4.00. The van der Waals surface area contributed by atoms with Gasteiger partial charge < -0.3 is 33.2 Å². The maximum atomic E-state index is 12.8. The number of nitrogens with zero attached hydrogens (tertiary/aromatic N) is 1. The molecule has 182 valence electrons. The Bertz CT molecular complexity index is 730. The second-order valence-electron chi connectivity index (χ2n) is 8.16. The highest BCUT2D eigenvalue weighted by atomic mass is 16.6. The van der Waals surface area contributed by atoms with Crippen molar-refractivity contribution in [1.82, 2.24) is 4.98 Å². The van der Waals surface area contributed by atoms with Gasteiger partial charge in [-0.2, -0.15) is 0 Å². The molecule has 10 heteroatoms. The molecule has 33 heavy (non-hydrogen) atoms. The van der Waals surface area contributed by atoms with E-state index in [-0.39, 0.29) is 36.8 Å². The maximum Gasteiger partial charge on any atom is 0.357 e. The predicted octanol–water partition coefficient (Wildman–Crippen LogP) is 1.55. The smallest absolute Gasteiger partial charge is 0.357 e. The van der Waals surface area contributed by atoms with E-state index < -0.39 is 24.1 Å². The van der Waals surface area contributed by atoms with E-state index in [4.69, 9.17) is 33.2 Å². The topological polar surface area (TPSA) is 112 Å². The van der Waals surface area contributed by atoms with Crippen LogP contribution < -0.4 is 0 Å². The number of rotatable bonds is 0. The molecule has 10 nitrogen and oxygen atoms in total. The summed E-state index contributed by atoms with van der Waals surface area (Å²) in [6.45, 7) is 3.37. The van der Waals surface area contributed by atoms with Crippen LogP contribution in [0.25, 0.3) is 0 Å². The van der Waals surface area contributed by atoms with Gasteiger partial charge in [0.15, 0.2) is 0 Å². The van der Waals surface area contributed by atoms with Gasteiger partial charge in [-0.05, 0) is 37.8 Å². The molecule has 0 N–H and O–H groups in total. The monoisotopic (exact) mass is 465 g/mol. The van der Waals surface area contributed by atoms with Crippen molar-refractivity contribution in [2.24, 2.45) is 0 Å². The lowest BCUT2D eigenvalue weighted by Crippen LogP contribution is -2.41. The number of fused-ring (bicyclic) bond motifs is 4. The van der Waals surface area contributed by atoms with Gasteiger partial charge in [0.25, 0.3) is 0 Å². The zero-order valence-corrected chi connectivity index (χ0v) is 18.6. The number of hydrogen-bond acceptors (Lipinski definition) is 10. The summed E-state index contributed by atoms with van der Waals surface area (Å²) in [6, 6.07) is 4.61. The third-order valence-electron chi connectivity index (χ3n) is 5.75. The zero-order chi connectivity index (χ0) is 22.9. The quantitative estimate of drug-likeness (QED) is 0.523. The Balaban J connectivity index is 1.48. The van der Waals surface area contributed by atoms with Crippen LogP contribution in [-0.4, -0.2) is 94.2 Å². The Morgan fingerprint density at radius 2 is 1.12 bits per heavy atom. The molecule has 2 fully saturated rings. The second kappa shape index (κ2) is 12.4. The van der Waals surface area contributed by atoms with E-state index >= 15 is 0 Å². The molecular formula is C23H31NO9. The minimum Gasteiger partial charge on any atom is -0.455 e. The third kappa shape index (κ3) is 6.94. The molecule has 4 heterocycles. The SMILES string of the molecule is O=C1OC2CCCOC2COCCOCCOCC2OCCCC2OC(=O)c2cccc1n2. The van der Waals surface area contributed by atoms with Crippen LogP contribution in [0.1, 0.15) is 46.7 Å². The molecule has 0 radical (unpaired) electrons. The second-order valence-corrected chi connectivity index (χ2v) is 8.16. The van der Waals surface area contributed by atoms with Gasteiger partial charge in [0.05, 0.1) is 39.6 Å². The number of ether oxygens (including phenoxy) is 7. The zero-order valence-electron chi connectivity index (χ0n) is 18.6. The first-order chi connectivity index (χ1) is 16.2. The molecule has 4 unspecified atom stereocenters. The Kier molecular flexibility index (Phi) is 9.01. The minimum absolute atomic E-state index is 0.0391. The van der Waals surface area contributed by atoms with Crippen molar-refractivity contribution >= 4 is 11.9 Å². The Hall–Kier alpha value is -2.11. The molecule has 3 aliphatic heterocycles. The normalized spacial score (nSPS) is 30.8. The van der Waals surface area contributed by atoms with E-state index in [1.54, 1.807) is 6.07 Å². The van der Waals surface area contributed by atoms with E-state index in [9.17, 15) is 9.59 Å². The number of pyridine rings is 1. The van der Waals surface area contributed by atoms with Crippen molar-refractivity contribution in [2.45, 2.75) is 50.1 Å². The summed E-state index contributed by atoms with van der Waals surface area (Å²) in [5, 5.41) is 0. The van der Waals surface area contributed by atoms with E-state index in [2.05, 4.69) is 4.98 Å². The first-order valence-corrected chi connectivity index (χ1v) is 11.6. The lowest BCUT2D eigenvalue weighted by Gasteiger charge is -2.31. The van der Waals surface area contributed by atoms with Crippen molar-refractivity contribution in [1.29, 1.82) is 0 Å². The van der Waals surface area contributed by atoms with Gasteiger partial charge in [0.1, 0.15) is 35.8 Å². The fourth-order valence-electron chi connectivity index (χ4n) is 4.00. The highest BCUT2D eigenvalue weighted by molar-refractivity contribution is 5.91. The molecule has 2 saturated heterocycles. The number of carbonyl (C=O) groups excluding carboxylic acids is 2.